The molecule has 2 aromatic carbocycles. The van der Waals surface area contributed by atoms with E-state index in [1.54, 1.807) is 17.0 Å². The van der Waals surface area contributed by atoms with E-state index in [4.69, 9.17) is 0 Å². The standard InChI is InChI=1S/C20H21NO3S/c1-14-10-15(2)12-18(11-14)21(17-8-9-25(23,24)13-17)20(22)19-7-5-4-6-16(19)3/h4-12,17H,13H2,1-3H3. The number of aryl methyl sites for hydroxylation is 3. The first-order chi connectivity index (χ1) is 11.8. The van der Waals surface area contributed by atoms with Crippen LogP contribution in [0.15, 0.2) is 53.9 Å². The lowest BCUT2D eigenvalue weighted by molar-refractivity contribution is 0.0982. The molecule has 0 spiro atoms. The van der Waals surface area contributed by atoms with Gasteiger partial charge in [0.25, 0.3) is 5.91 Å². The average molecular weight is 355 g/mol. The molecule has 1 atom stereocenters. The highest BCUT2D eigenvalue weighted by atomic mass is 32.2. The van der Waals surface area contributed by atoms with Crippen LogP contribution >= 0.6 is 0 Å². The zero-order valence-corrected chi connectivity index (χ0v) is 15.4. The second-order valence-corrected chi connectivity index (χ2v) is 8.49. The van der Waals surface area contributed by atoms with Gasteiger partial charge in [-0.3, -0.25) is 4.79 Å². The number of anilines is 1. The molecule has 25 heavy (non-hydrogen) atoms. The normalized spacial score (nSPS) is 18.3. The number of carbonyl (C=O) groups excluding carboxylic acids is 1. The molecule has 0 N–H and O–H groups in total. The minimum atomic E-state index is -3.27. The van der Waals surface area contributed by atoms with Gasteiger partial charge in [0.1, 0.15) is 0 Å². The molecular weight excluding hydrogens is 334 g/mol. The van der Waals surface area contributed by atoms with Gasteiger partial charge in [0, 0.05) is 16.7 Å². The number of benzene rings is 2. The summed E-state index contributed by atoms with van der Waals surface area (Å²) in [5.74, 6) is -0.271. The Labute approximate surface area is 148 Å². The van der Waals surface area contributed by atoms with E-state index < -0.39 is 15.9 Å². The second kappa shape index (κ2) is 6.48. The van der Waals surface area contributed by atoms with Crippen molar-refractivity contribution in [1.29, 1.82) is 0 Å². The number of rotatable bonds is 3. The Balaban J connectivity index is 2.11. The summed E-state index contributed by atoms with van der Waals surface area (Å²) in [7, 11) is -3.27. The molecule has 0 fully saturated rings. The lowest BCUT2D eigenvalue weighted by Crippen LogP contribution is -2.41. The number of sulfone groups is 1. The van der Waals surface area contributed by atoms with Crippen molar-refractivity contribution in [3.63, 3.8) is 0 Å². The number of hydrogen-bond acceptors (Lipinski definition) is 3. The molecule has 1 aliphatic rings. The van der Waals surface area contributed by atoms with Gasteiger partial charge in [0.05, 0.1) is 11.8 Å². The highest BCUT2D eigenvalue weighted by molar-refractivity contribution is 7.94. The fourth-order valence-corrected chi connectivity index (χ4v) is 4.48. The fourth-order valence-electron chi connectivity index (χ4n) is 3.21. The molecular formula is C20H21NO3S. The Bertz CT molecular complexity index is 940. The van der Waals surface area contributed by atoms with Crippen molar-refractivity contribution in [3.8, 4) is 0 Å². The smallest absolute Gasteiger partial charge is 0.259 e. The molecule has 1 unspecified atom stereocenters. The van der Waals surface area contributed by atoms with Crippen LogP contribution < -0.4 is 4.90 Å². The van der Waals surface area contributed by atoms with Crippen LogP contribution in [0.25, 0.3) is 0 Å². The van der Waals surface area contributed by atoms with Crippen molar-refractivity contribution in [2.24, 2.45) is 0 Å². The van der Waals surface area contributed by atoms with Gasteiger partial charge < -0.3 is 4.90 Å². The summed E-state index contributed by atoms with van der Waals surface area (Å²) in [4.78, 5) is 14.9. The van der Waals surface area contributed by atoms with E-state index in [9.17, 15) is 13.2 Å². The molecule has 0 aromatic heterocycles. The van der Waals surface area contributed by atoms with E-state index in [1.807, 2.05) is 57.2 Å². The predicted octanol–water partition coefficient (Wildman–Crippen LogP) is 3.57. The molecule has 4 nitrogen and oxygen atoms in total. The minimum absolute atomic E-state index is 0.0857. The maximum atomic E-state index is 13.3. The largest absolute Gasteiger partial charge is 0.300 e. The second-order valence-electron chi connectivity index (χ2n) is 6.56. The fraction of sp³-hybridized carbons (Fsp3) is 0.250. The van der Waals surface area contributed by atoms with Crippen molar-refractivity contribution in [1.82, 2.24) is 0 Å². The van der Waals surface area contributed by atoms with Crippen LogP contribution in [0.5, 0.6) is 0 Å². The zero-order valence-electron chi connectivity index (χ0n) is 14.6. The summed E-state index contributed by atoms with van der Waals surface area (Å²) in [6, 6.07) is 12.7. The van der Waals surface area contributed by atoms with E-state index in [0.29, 0.717) is 5.56 Å². The van der Waals surface area contributed by atoms with Gasteiger partial charge >= 0.3 is 0 Å². The van der Waals surface area contributed by atoms with Gasteiger partial charge in [0.15, 0.2) is 9.84 Å². The Morgan fingerprint density at radius 2 is 1.68 bits per heavy atom. The first kappa shape index (κ1) is 17.4. The average Bonchev–Trinajstić information content (AvgIpc) is 2.86. The Morgan fingerprint density at radius 1 is 1.04 bits per heavy atom. The Morgan fingerprint density at radius 3 is 2.24 bits per heavy atom. The molecule has 0 saturated carbocycles. The molecule has 0 radical (unpaired) electrons. The molecule has 0 bridgehead atoms. The maximum Gasteiger partial charge on any atom is 0.259 e. The topological polar surface area (TPSA) is 54.5 Å². The van der Waals surface area contributed by atoms with E-state index in [0.717, 1.165) is 22.4 Å². The first-order valence-electron chi connectivity index (χ1n) is 8.15. The molecule has 130 valence electrons. The minimum Gasteiger partial charge on any atom is -0.300 e. The Hall–Kier alpha value is -2.40. The third-order valence-corrected chi connectivity index (χ3v) is 5.70. The summed E-state index contributed by atoms with van der Waals surface area (Å²) in [6.45, 7) is 5.82. The SMILES string of the molecule is Cc1cc(C)cc(N(C(=O)c2ccccc2C)C2C=CS(=O)(=O)C2)c1. The quantitative estimate of drug-likeness (QED) is 0.846. The van der Waals surface area contributed by atoms with Crippen molar-refractivity contribution in [2.75, 3.05) is 10.7 Å². The van der Waals surface area contributed by atoms with Crippen molar-refractivity contribution in [3.05, 3.63) is 76.2 Å². The van der Waals surface area contributed by atoms with Crippen LogP contribution in [0.4, 0.5) is 5.69 Å². The van der Waals surface area contributed by atoms with Crippen LogP contribution in [-0.4, -0.2) is 26.1 Å². The lowest BCUT2D eigenvalue weighted by Gasteiger charge is -2.29. The van der Waals surface area contributed by atoms with E-state index >= 15 is 0 Å². The van der Waals surface area contributed by atoms with Crippen molar-refractivity contribution < 1.29 is 13.2 Å². The maximum absolute atomic E-state index is 13.3. The van der Waals surface area contributed by atoms with Crippen molar-refractivity contribution >= 4 is 21.4 Å². The summed E-state index contributed by atoms with van der Waals surface area (Å²) < 4.78 is 23.8. The third kappa shape index (κ3) is 3.66. The summed E-state index contributed by atoms with van der Waals surface area (Å²) in [5.41, 5.74) is 4.23. The van der Waals surface area contributed by atoms with Gasteiger partial charge in [0.2, 0.25) is 0 Å². The summed E-state index contributed by atoms with van der Waals surface area (Å²) in [5, 5.41) is 1.21. The Kier molecular flexibility index (Phi) is 4.52. The number of amides is 1. The number of nitrogens with zero attached hydrogens (tertiary/aromatic N) is 1. The van der Waals surface area contributed by atoms with E-state index in [2.05, 4.69) is 0 Å². The van der Waals surface area contributed by atoms with Gasteiger partial charge in [-0.25, -0.2) is 8.42 Å². The predicted molar refractivity (Wildman–Crippen MR) is 101 cm³/mol. The van der Waals surface area contributed by atoms with E-state index in [-0.39, 0.29) is 11.7 Å². The van der Waals surface area contributed by atoms with Crippen LogP contribution in [0.2, 0.25) is 0 Å². The molecule has 0 aliphatic carbocycles. The van der Waals surface area contributed by atoms with E-state index in [1.165, 1.54) is 5.41 Å². The molecule has 1 aliphatic heterocycles. The van der Waals surface area contributed by atoms with Crippen LogP contribution in [-0.2, 0) is 9.84 Å². The molecule has 3 rings (SSSR count). The molecule has 5 heteroatoms. The van der Waals surface area contributed by atoms with Crippen LogP contribution in [0.1, 0.15) is 27.0 Å². The molecule has 0 saturated heterocycles. The molecule has 1 heterocycles. The number of carbonyl (C=O) groups is 1. The monoisotopic (exact) mass is 355 g/mol. The summed E-state index contributed by atoms with van der Waals surface area (Å²) in [6.07, 6.45) is 1.60. The summed E-state index contributed by atoms with van der Waals surface area (Å²) >= 11 is 0. The van der Waals surface area contributed by atoms with Gasteiger partial charge in [-0.05, 0) is 61.7 Å². The highest BCUT2D eigenvalue weighted by Crippen LogP contribution is 2.27. The van der Waals surface area contributed by atoms with Gasteiger partial charge in [-0.15, -0.1) is 0 Å². The zero-order chi connectivity index (χ0) is 18.2. The highest BCUT2D eigenvalue weighted by Gasteiger charge is 2.32. The van der Waals surface area contributed by atoms with Crippen molar-refractivity contribution in [2.45, 2.75) is 26.8 Å². The van der Waals surface area contributed by atoms with Gasteiger partial charge in [-0.2, -0.15) is 0 Å². The van der Waals surface area contributed by atoms with Gasteiger partial charge in [-0.1, -0.05) is 24.3 Å². The third-order valence-electron chi connectivity index (χ3n) is 4.32. The van der Waals surface area contributed by atoms with Crippen LogP contribution in [0, 0.1) is 20.8 Å². The number of hydrogen-bond donors (Lipinski definition) is 0. The van der Waals surface area contributed by atoms with Crippen LogP contribution in [0.3, 0.4) is 0 Å². The first-order valence-corrected chi connectivity index (χ1v) is 9.87. The lowest BCUT2D eigenvalue weighted by atomic mass is 10.0. The molecule has 2 aromatic rings. The molecule has 1 amide bonds.